The molecule has 0 aliphatic rings. The van der Waals surface area contributed by atoms with Gasteiger partial charge in [-0.05, 0) is 36.6 Å². The van der Waals surface area contributed by atoms with Crippen molar-refractivity contribution in [1.82, 2.24) is 5.32 Å². The Balaban J connectivity index is 1.64. The van der Waals surface area contributed by atoms with Gasteiger partial charge in [-0.1, -0.05) is 30.3 Å². The molecule has 0 spiro atoms. The largest absolute Gasteiger partial charge is 0.497 e. The van der Waals surface area contributed by atoms with Gasteiger partial charge < -0.3 is 20.2 Å². The van der Waals surface area contributed by atoms with Crippen molar-refractivity contribution in [3.05, 3.63) is 75.6 Å². The molecule has 2 aromatic carbocycles. The zero-order chi connectivity index (χ0) is 20.1. The number of rotatable bonds is 7. The molecule has 1 amide bonds. The lowest BCUT2D eigenvalue weighted by molar-refractivity contribution is -0.121. The monoisotopic (exact) mass is 380 g/mol. The number of hydrogen-bond donors (Lipinski definition) is 2. The number of nitrogens with two attached hydrogens (primary N) is 1. The summed E-state index contributed by atoms with van der Waals surface area (Å²) in [7, 11) is 1.56. The molecule has 6 nitrogen and oxygen atoms in total. The van der Waals surface area contributed by atoms with E-state index in [1.54, 1.807) is 13.2 Å². The van der Waals surface area contributed by atoms with Crippen LogP contribution in [0.15, 0.2) is 57.7 Å². The Morgan fingerprint density at radius 1 is 1.21 bits per heavy atom. The summed E-state index contributed by atoms with van der Waals surface area (Å²) in [5, 5.41) is 3.66. The van der Waals surface area contributed by atoms with Gasteiger partial charge in [0.25, 0.3) is 0 Å². The molecule has 1 heterocycles. The lowest BCUT2D eigenvalue weighted by atomic mass is 10.0. The number of ether oxygens (including phenoxy) is 1. The highest BCUT2D eigenvalue weighted by atomic mass is 16.5. The zero-order valence-electron chi connectivity index (χ0n) is 16.0. The number of fused-ring (bicyclic) bond motifs is 1. The lowest BCUT2D eigenvalue weighted by Gasteiger charge is -2.13. The number of benzene rings is 2. The highest BCUT2D eigenvalue weighted by Crippen LogP contribution is 2.24. The first-order valence-electron chi connectivity index (χ1n) is 9.17. The normalized spacial score (nSPS) is 12.0. The van der Waals surface area contributed by atoms with Crippen molar-refractivity contribution in [3.8, 4) is 5.75 Å². The predicted molar refractivity (Wildman–Crippen MR) is 108 cm³/mol. The summed E-state index contributed by atoms with van der Waals surface area (Å²) in [4.78, 5) is 24.6. The summed E-state index contributed by atoms with van der Waals surface area (Å²) in [5.74, 6) is 0.469. The van der Waals surface area contributed by atoms with Crippen molar-refractivity contribution >= 4 is 16.9 Å². The molecule has 0 fully saturated rings. The molecule has 28 heavy (non-hydrogen) atoms. The third-order valence-corrected chi connectivity index (χ3v) is 4.84. The van der Waals surface area contributed by atoms with Crippen molar-refractivity contribution in [2.45, 2.75) is 25.8 Å². The Morgan fingerprint density at radius 3 is 2.68 bits per heavy atom. The van der Waals surface area contributed by atoms with Crippen LogP contribution in [0, 0.1) is 6.92 Å². The van der Waals surface area contributed by atoms with Crippen LogP contribution in [-0.2, 0) is 11.2 Å². The van der Waals surface area contributed by atoms with Crippen LogP contribution in [0.5, 0.6) is 5.75 Å². The number of carbonyl (C=O) groups excluding carboxylic acids is 1. The third kappa shape index (κ3) is 4.40. The summed E-state index contributed by atoms with van der Waals surface area (Å²) in [5.41, 5.74) is 8.44. The van der Waals surface area contributed by atoms with Crippen LogP contribution in [0.1, 0.15) is 29.2 Å². The molecule has 0 saturated carbocycles. The van der Waals surface area contributed by atoms with Crippen molar-refractivity contribution < 1.29 is 13.9 Å². The average molecular weight is 380 g/mol. The van der Waals surface area contributed by atoms with Crippen LogP contribution in [0.3, 0.4) is 0 Å². The van der Waals surface area contributed by atoms with E-state index in [1.807, 2.05) is 49.4 Å². The number of hydrogen-bond acceptors (Lipinski definition) is 5. The van der Waals surface area contributed by atoms with Crippen LogP contribution >= 0.6 is 0 Å². The van der Waals surface area contributed by atoms with E-state index < -0.39 is 5.63 Å². The van der Waals surface area contributed by atoms with Gasteiger partial charge in [-0.3, -0.25) is 4.79 Å². The molecule has 0 aliphatic heterocycles. The average Bonchev–Trinajstić information content (AvgIpc) is 2.71. The summed E-state index contributed by atoms with van der Waals surface area (Å²) in [6, 6.07) is 14.7. The van der Waals surface area contributed by atoms with E-state index in [4.69, 9.17) is 14.9 Å². The van der Waals surface area contributed by atoms with Gasteiger partial charge in [-0.2, -0.15) is 0 Å². The number of methoxy groups -OCH3 is 1. The van der Waals surface area contributed by atoms with Crippen LogP contribution in [0.2, 0.25) is 0 Å². The van der Waals surface area contributed by atoms with Crippen molar-refractivity contribution in [3.63, 3.8) is 0 Å². The van der Waals surface area contributed by atoms with E-state index in [2.05, 4.69) is 5.32 Å². The van der Waals surface area contributed by atoms with Gasteiger partial charge in [0, 0.05) is 36.0 Å². The third-order valence-electron chi connectivity index (χ3n) is 4.84. The van der Waals surface area contributed by atoms with Gasteiger partial charge in [0.05, 0.1) is 7.11 Å². The Kier molecular flexibility index (Phi) is 6.11. The van der Waals surface area contributed by atoms with E-state index in [0.717, 1.165) is 16.5 Å². The first-order chi connectivity index (χ1) is 13.5. The van der Waals surface area contributed by atoms with Gasteiger partial charge in [-0.15, -0.1) is 0 Å². The minimum absolute atomic E-state index is 0.153. The molecule has 1 unspecified atom stereocenters. The molecule has 3 aromatic rings. The van der Waals surface area contributed by atoms with Crippen LogP contribution < -0.4 is 21.4 Å². The fourth-order valence-electron chi connectivity index (χ4n) is 3.16. The number of amides is 1. The molecule has 1 aromatic heterocycles. The Labute approximate surface area is 163 Å². The molecular formula is C22H24N2O4. The first kappa shape index (κ1) is 19.6. The Bertz CT molecular complexity index is 1030. The van der Waals surface area contributed by atoms with E-state index >= 15 is 0 Å². The van der Waals surface area contributed by atoms with Crippen LogP contribution in [-0.4, -0.2) is 19.6 Å². The highest BCUT2D eigenvalue weighted by molar-refractivity contribution is 5.82. The smallest absolute Gasteiger partial charge is 0.339 e. The molecule has 3 N–H and O–H groups in total. The predicted octanol–water partition coefficient (Wildman–Crippen LogP) is 2.86. The summed E-state index contributed by atoms with van der Waals surface area (Å²) in [6.07, 6.45) is 0.497. The Hall–Kier alpha value is -3.12. The van der Waals surface area contributed by atoms with E-state index in [-0.39, 0.29) is 18.4 Å². The molecule has 0 radical (unpaired) electrons. The minimum atomic E-state index is -0.424. The Morgan fingerprint density at radius 2 is 1.96 bits per heavy atom. The fraction of sp³-hybridized carbons (Fsp3) is 0.273. The maximum Gasteiger partial charge on any atom is 0.339 e. The van der Waals surface area contributed by atoms with Crippen LogP contribution in [0.4, 0.5) is 0 Å². The van der Waals surface area contributed by atoms with E-state index in [1.165, 1.54) is 0 Å². The maximum absolute atomic E-state index is 12.4. The summed E-state index contributed by atoms with van der Waals surface area (Å²) < 4.78 is 10.6. The molecule has 0 saturated heterocycles. The van der Waals surface area contributed by atoms with Gasteiger partial charge >= 0.3 is 5.63 Å². The number of nitrogens with one attached hydrogen (secondary N) is 1. The fourth-order valence-corrected chi connectivity index (χ4v) is 3.16. The number of aryl methyl sites for hydroxylation is 1. The molecule has 0 bridgehead atoms. The zero-order valence-corrected chi connectivity index (χ0v) is 16.0. The SMILES string of the molecule is COc1ccc2c(C)c(CCC(=O)NCC(N)c3ccccc3)c(=O)oc2c1. The van der Waals surface area contributed by atoms with Gasteiger partial charge in [0.1, 0.15) is 11.3 Å². The number of carbonyl (C=O) groups is 1. The summed E-state index contributed by atoms with van der Waals surface area (Å²) in [6.45, 7) is 2.21. The van der Waals surface area contributed by atoms with Gasteiger partial charge in [0.15, 0.2) is 0 Å². The standard InChI is InChI=1S/C22H24N2O4/c1-14-17-9-8-16(27-2)12-20(17)28-22(26)18(14)10-11-21(25)24-13-19(23)15-6-4-3-5-7-15/h3-9,12,19H,10-11,13,23H2,1-2H3,(H,24,25). The molecular weight excluding hydrogens is 356 g/mol. The molecule has 0 aliphatic carbocycles. The van der Waals surface area contributed by atoms with E-state index in [9.17, 15) is 9.59 Å². The van der Waals surface area contributed by atoms with Gasteiger partial charge in [0.2, 0.25) is 5.91 Å². The second-order valence-corrected chi connectivity index (χ2v) is 6.68. The lowest BCUT2D eigenvalue weighted by Crippen LogP contribution is -2.32. The maximum atomic E-state index is 12.4. The second-order valence-electron chi connectivity index (χ2n) is 6.68. The van der Waals surface area contributed by atoms with Crippen molar-refractivity contribution in [2.75, 3.05) is 13.7 Å². The molecule has 3 rings (SSSR count). The second kappa shape index (κ2) is 8.71. The van der Waals surface area contributed by atoms with Crippen molar-refractivity contribution in [2.24, 2.45) is 5.73 Å². The quantitative estimate of drug-likeness (QED) is 0.615. The highest BCUT2D eigenvalue weighted by Gasteiger charge is 2.14. The van der Waals surface area contributed by atoms with E-state index in [0.29, 0.717) is 29.9 Å². The van der Waals surface area contributed by atoms with Gasteiger partial charge in [-0.25, -0.2) is 4.79 Å². The molecule has 6 heteroatoms. The first-order valence-corrected chi connectivity index (χ1v) is 9.17. The van der Waals surface area contributed by atoms with Crippen molar-refractivity contribution in [1.29, 1.82) is 0 Å². The van der Waals surface area contributed by atoms with Crippen LogP contribution in [0.25, 0.3) is 11.0 Å². The topological polar surface area (TPSA) is 94.6 Å². The molecule has 1 atom stereocenters. The molecule has 146 valence electrons. The minimum Gasteiger partial charge on any atom is -0.497 e. The summed E-state index contributed by atoms with van der Waals surface area (Å²) >= 11 is 0.